The number of nitrogens with zero attached hydrogens (tertiary/aromatic N) is 2. The maximum absolute atomic E-state index is 13.0. The van der Waals surface area contributed by atoms with Crippen LogP contribution >= 0.6 is 0 Å². The van der Waals surface area contributed by atoms with Crippen LogP contribution in [0.2, 0.25) is 0 Å². The van der Waals surface area contributed by atoms with Crippen LogP contribution in [0.4, 0.5) is 18.9 Å². The van der Waals surface area contributed by atoms with Gasteiger partial charge in [0.25, 0.3) is 11.9 Å². The lowest BCUT2D eigenvalue weighted by Crippen LogP contribution is -2.42. The molecular formula is C30H36F3N3O5. The molecule has 2 aliphatic rings. The second-order valence-corrected chi connectivity index (χ2v) is 11.5. The Kier molecular flexibility index (Phi) is 9.14. The number of carboxylic acid groups (broad SMARTS) is 1. The lowest BCUT2D eigenvalue weighted by Gasteiger charge is -2.41. The molecule has 8 nitrogen and oxygen atoms in total. The molecule has 2 aromatic carbocycles. The molecule has 1 aliphatic carbocycles. The second kappa shape index (κ2) is 12.4. The summed E-state index contributed by atoms with van der Waals surface area (Å²) in [4.78, 5) is 29.7. The first-order valence-corrected chi connectivity index (χ1v) is 13.8. The number of amides is 1. The van der Waals surface area contributed by atoms with Gasteiger partial charge in [-0.05, 0) is 66.8 Å². The lowest BCUT2D eigenvalue weighted by molar-refractivity contribution is -0.274. The molecule has 0 radical (unpaired) electrons. The third-order valence-electron chi connectivity index (χ3n) is 7.73. The molecule has 1 unspecified atom stereocenters. The highest BCUT2D eigenvalue weighted by atomic mass is 19.4. The topological polar surface area (TPSA) is 100 Å². The Hall–Kier alpha value is -3.76. The van der Waals surface area contributed by atoms with Crippen molar-refractivity contribution in [2.45, 2.75) is 71.3 Å². The number of ether oxygens (including phenoxy) is 2. The summed E-state index contributed by atoms with van der Waals surface area (Å²) in [5.74, 6) is -1.22. The van der Waals surface area contributed by atoms with Crippen LogP contribution in [-0.4, -0.2) is 53.5 Å². The van der Waals surface area contributed by atoms with Gasteiger partial charge in [0, 0.05) is 18.2 Å². The van der Waals surface area contributed by atoms with Crippen LogP contribution in [0.25, 0.3) is 0 Å². The van der Waals surface area contributed by atoms with Gasteiger partial charge < -0.3 is 24.8 Å². The highest BCUT2D eigenvalue weighted by Crippen LogP contribution is 2.43. The Morgan fingerprint density at radius 3 is 2.32 bits per heavy atom. The maximum Gasteiger partial charge on any atom is 0.573 e. The number of aliphatic carboxylic acids is 1. The number of aliphatic imine (C=N–C) groups is 1. The molecule has 1 heterocycles. The maximum atomic E-state index is 13.0. The van der Waals surface area contributed by atoms with Crippen LogP contribution < -0.4 is 10.1 Å². The fraction of sp³-hybridized carbons (Fsp3) is 0.500. The number of benzene rings is 2. The van der Waals surface area contributed by atoms with Gasteiger partial charge in [0.05, 0.1) is 12.5 Å². The number of nitrogens with one attached hydrogen (secondary N) is 1. The zero-order valence-corrected chi connectivity index (χ0v) is 23.4. The number of rotatable bonds is 8. The smallest absolute Gasteiger partial charge is 0.481 e. The zero-order valence-electron chi connectivity index (χ0n) is 23.4. The molecule has 222 valence electrons. The quantitative estimate of drug-likeness (QED) is 0.375. The van der Waals surface area contributed by atoms with Crippen molar-refractivity contribution in [1.82, 2.24) is 10.2 Å². The molecular weight excluding hydrogens is 539 g/mol. The summed E-state index contributed by atoms with van der Waals surface area (Å²) in [5.41, 5.74) is 1.46. The zero-order chi connectivity index (χ0) is 29.8. The molecule has 2 fully saturated rings. The van der Waals surface area contributed by atoms with Crippen LogP contribution in [0, 0.1) is 11.3 Å². The Bertz CT molecular complexity index is 1250. The number of carboxylic acids is 1. The molecule has 0 spiro atoms. The molecule has 1 aliphatic heterocycles. The minimum atomic E-state index is -4.86. The summed E-state index contributed by atoms with van der Waals surface area (Å²) in [6, 6.07) is 12.7. The minimum absolute atomic E-state index is 0.0160. The third kappa shape index (κ3) is 7.92. The van der Waals surface area contributed by atoms with Crippen molar-refractivity contribution in [3.8, 4) is 5.75 Å². The number of carbonyl (C=O) groups excluding carboxylic acids is 1. The first-order valence-electron chi connectivity index (χ1n) is 13.8. The van der Waals surface area contributed by atoms with E-state index in [1.165, 1.54) is 18.2 Å². The van der Waals surface area contributed by atoms with Crippen molar-refractivity contribution in [2.24, 2.45) is 16.3 Å². The molecule has 0 bridgehead atoms. The van der Waals surface area contributed by atoms with Gasteiger partial charge in [0.15, 0.2) is 5.75 Å². The summed E-state index contributed by atoms with van der Waals surface area (Å²) in [7, 11) is 0. The van der Waals surface area contributed by atoms with E-state index < -0.39 is 18.1 Å². The van der Waals surface area contributed by atoms with E-state index in [0.29, 0.717) is 11.5 Å². The van der Waals surface area contributed by atoms with Gasteiger partial charge in [-0.2, -0.15) is 4.99 Å². The number of amidine groups is 1. The van der Waals surface area contributed by atoms with Crippen LogP contribution in [0.1, 0.15) is 74.8 Å². The monoisotopic (exact) mass is 575 g/mol. The van der Waals surface area contributed by atoms with E-state index in [0.717, 1.165) is 31.2 Å². The molecule has 41 heavy (non-hydrogen) atoms. The van der Waals surface area contributed by atoms with Crippen LogP contribution in [-0.2, 0) is 9.53 Å². The average Bonchev–Trinajstić information content (AvgIpc) is 3.32. The standard InChI is InChI=1S/C30H36F3N3O5/c1-29(2,3)21-12-14-22(15-13-21)36-24(19-8-10-20(11-9-19)27(39)34-17-16-26(37)38)18-40-28(36)35-23-6-4-5-7-25(23)41-30(31,32)33/h4-11,21-22,24H,12-18H2,1-3H3,(H,34,39)(H,37,38)/b35-28-. The molecule has 2 N–H and O–H groups in total. The number of hydrogen-bond donors (Lipinski definition) is 2. The summed E-state index contributed by atoms with van der Waals surface area (Å²) in [5, 5.41) is 11.4. The van der Waals surface area contributed by atoms with Crippen molar-refractivity contribution < 1.29 is 37.3 Å². The summed E-state index contributed by atoms with van der Waals surface area (Å²) in [6.45, 7) is 6.98. The Morgan fingerprint density at radius 1 is 1.05 bits per heavy atom. The van der Waals surface area contributed by atoms with Crippen LogP contribution in [0.3, 0.4) is 0 Å². The average molecular weight is 576 g/mol. The van der Waals surface area contributed by atoms with Crippen molar-refractivity contribution in [3.63, 3.8) is 0 Å². The van der Waals surface area contributed by atoms with Crippen LogP contribution in [0.15, 0.2) is 53.5 Å². The Morgan fingerprint density at radius 2 is 1.71 bits per heavy atom. The van der Waals surface area contributed by atoms with Crippen molar-refractivity contribution >= 4 is 23.6 Å². The summed E-state index contributed by atoms with van der Waals surface area (Å²) in [6.07, 6.45) is -1.25. The number of carbonyl (C=O) groups is 2. The van der Waals surface area contributed by atoms with E-state index in [-0.39, 0.29) is 54.7 Å². The molecule has 0 aromatic heterocycles. The van der Waals surface area contributed by atoms with E-state index in [1.807, 2.05) is 12.1 Å². The number of halogens is 3. The third-order valence-corrected chi connectivity index (χ3v) is 7.73. The normalized spacial score (nSPS) is 22.3. The van der Waals surface area contributed by atoms with Gasteiger partial charge in [-0.1, -0.05) is 45.0 Å². The van der Waals surface area contributed by atoms with E-state index in [2.05, 4.69) is 40.7 Å². The molecule has 1 saturated carbocycles. The first kappa shape index (κ1) is 30.2. The van der Waals surface area contributed by atoms with Gasteiger partial charge in [-0.15, -0.1) is 13.2 Å². The molecule has 1 saturated heterocycles. The predicted octanol–water partition coefficient (Wildman–Crippen LogP) is 6.46. The van der Waals surface area contributed by atoms with Crippen molar-refractivity contribution in [1.29, 1.82) is 0 Å². The van der Waals surface area contributed by atoms with E-state index in [1.54, 1.807) is 18.2 Å². The molecule has 11 heteroatoms. The molecule has 4 rings (SSSR count). The van der Waals surface area contributed by atoms with Gasteiger partial charge >= 0.3 is 12.3 Å². The SMILES string of the molecule is CC(C)(C)C1CCC(N2/C(=N/c3ccccc3OC(F)(F)F)OCC2c2ccc(C(=O)NCCC(=O)O)cc2)CC1. The van der Waals surface area contributed by atoms with Gasteiger partial charge in [-0.3, -0.25) is 9.59 Å². The lowest BCUT2D eigenvalue weighted by atomic mass is 9.71. The number of hydrogen-bond acceptors (Lipinski definition) is 5. The molecule has 1 atom stereocenters. The highest BCUT2D eigenvalue weighted by Gasteiger charge is 2.41. The largest absolute Gasteiger partial charge is 0.573 e. The van der Waals surface area contributed by atoms with Crippen molar-refractivity contribution in [2.75, 3.05) is 13.2 Å². The van der Waals surface area contributed by atoms with E-state index in [4.69, 9.17) is 9.84 Å². The first-order chi connectivity index (χ1) is 19.3. The highest BCUT2D eigenvalue weighted by molar-refractivity contribution is 5.94. The fourth-order valence-electron chi connectivity index (χ4n) is 5.52. The van der Waals surface area contributed by atoms with Gasteiger partial charge in [-0.25, -0.2) is 0 Å². The number of alkyl halides is 3. The van der Waals surface area contributed by atoms with Crippen LogP contribution in [0.5, 0.6) is 5.75 Å². The predicted molar refractivity (Wildman–Crippen MR) is 147 cm³/mol. The molecule has 2 aromatic rings. The minimum Gasteiger partial charge on any atom is -0.481 e. The fourth-order valence-corrected chi connectivity index (χ4v) is 5.52. The van der Waals surface area contributed by atoms with Gasteiger partial charge in [0.2, 0.25) is 0 Å². The van der Waals surface area contributed by atoms with Crippen molar-refractivity contribution in [3.05, 3.63) is 59.7 Å². The molecule has 1 amide bonds. The van der Waals surface area contributed by atoms with Gasteiger partial charge in [0.1, 0.15) is 12.3 Å². The summed E-state index contributed by atoms with van der Waals surface area (Å²) >= 11 is 0. The second-order valence-electron chi connectivity index (χ2n) is 11.5. The number of para-hydroxylation sites is 2. The van der Waals surface area contributed by atoms with E-state index >= 15 is 0 Å². The Labute approximate surface area is 237 Å². The van der Waals surface area contributed by atoms with E-state index in [9.17, 15) is 22.8 Å². The summed E-state index contributed by atoms with van der Waals surface area (Å²) < 4.78 is 49.4. The Balaban J connectivity index is 1.60.